The number of aromatic carboxylic acids is 1. The second-order valence-electron chi connectivity index (χ2n) is 6.08. The summed E-state index contributed by atoms with van der Waals surface area (Å²) in [5.74, 6) is -0.558. The van der Waals surface area contributed by atoms with Crippen LogP contribution in [0.1, 0.15) is 61.4 Å². The Bertz CT molecular complexity index is 546. The minimum absolute atomic E-state index is 0.0127. The Morgan fingerprint density at radius 3 is 2.91 bits per heavy atom. The third kappa shape index (κ3) is 5.28. The number of hydrogen-bond acceptors (Lipinski definition) is 5. The number of nitrogens with zero attached hydrogens (tertiary/aromatic N) is 1. The normalized spacial score (nSPS) is 22.5. The van der Waals surface area contributed by atoms with Gasteiger partial charge in [-0.1, -0.05) is 26.7 Å². The maximum Gasteiger partial charge on any atom is 0.355 e. The molecule has 2 rings (SSSR count). The van der Waals surface area contributed by atoms with Crippen LogP contribution in [-0.2, 0) is 16.1 Å². The molecule has 0 aliphatic heterocycles. The molecule has 1 saturated carbocycles. The van der Waals surface area contributed by atoms with E-state index in [1.165, 1.54) is 23.1 Å². The van der Waals surface area contributed by atoms with E-state index in [1.54, 1.807) is 0 Å². The maximum atomic E-state index is 12.3. The van der Waals surface area contributed by atoms with Gasteiger partial charge in [0.05, 0.1) is 12.6 Å². The number of carbonyl (C=O) groups excluding carboxylic acids is 1. The quantitative estimate of drug-likeness (QED) is 0.797. The lowest BCUT2D eigenvalue weighted by Crippen LogP contribution is -2.39. The number of nitrogens with one attached hydrogen (secondary N) is 1. The first-order valence-corrected chi connectivity index (χ1v) is 8.98. The van der Waals surface area contributed by atoms with Crippen LogP contribution in [0.15, 0.2) is 5.38 Å². The monoisotopic (exact) mass is 340 g/mol. The summed E-state index contributed by atoms with van der Waals surface area (Å²) in [5.41, 5.74) is 0.0127. The summed E-state index contributed by atoms with van der Waals surface area (Å²) in [6.07, 6.45) is 4.74. The Morgan fingerprint density at radius 2 is 2.30 bits per heavy atom. The van der Waals surface area contributed by atoms with E-state index in [2.05, 4.69) is 17.2 Å². The first-order chi connectivity index (χ1) is 11.0. The van der Waals surface area contributed by atoms with E-state index in [9.17, 15) is 9.59 Å². The van der Waals surface area contributed by atoms with E-state index >= 15 is 0 Å². The number of carbonyl (C=O) groups is 2. The van der Waals surface area contributed by atoms with Gasteiger partial charge in [-0.2, -0.15) is 0 Å². The molecule has 2 N–H and O–H groups in total. The zero-order valence-corrected chi connectivity index (χ0v) is 14.4. The molecule has 6 nitrogen and oxygen atoms in total. The van der Waals surface area contributed by atoms with Crippen LogP contribution in [0.4, 0.5) is 0 Å². The number of aromatic nitrogens is 1. The third-order valence-electron chi connectivity index (χ3n) is 4.09. The number of carboxylic acids is 1. The van der Waals surface area contributed by atoms with Crippen LogP contribution in [0.2, 0.25) is 0 Å². The van der Waals surface area contributed by atoms with E-state index < -0.39 is 12.1 Å². The average Bonchev–Trinajstić information content (AvgIpc) is 2.99. The summed E-state index contributed by atoms with van der Waals surface area (Å²) in [6, 6.07) is 0. The summed E-state index contributed by atoms with van der Waals surface area (Å²) in [4.78, 5) is 27.0. The van der Waals surface area contributed by atoms with Crippen LogP contribution in [0.5, 0.6) is 0 Å². The molecule has 1 aromatic heterocycles. The van der Waals surface area contributed by atoms with Crippen molar-refractivity contribution in [2.75, 3.05) is 0 Å². The second-order valence-corrected chi connectivity index (χ2v) is 7.02. The van der Waals surface area contributed by atoms with Crippen molar-refractivity contribution in [2.24, 2.45) is 5.92 Å². The van der Waals surface area contributed by atoms with Gasteiger partial charge in [0.15, 0.2) is 5.69 Å². The van der Waals surface area contributed by atoms with E-state index in [0.717, 1.165) is 19.3 Å². The minimum Gasteiger partial charge on any atom is -0.476 e. The summed E-state index contributed by atoms with van der Waals surface area (Å²) in [6.45, 7) is 4.39. The zero-order valence-electron chi connectivity index (χ0n) is 13.6. The Labute approximate surface area is 140 Å². The largest absolute Gasteiger partial charge is 0.476 e. The number of amides is 1. The summed E-state index contributed by atoms with van der Waals surface area (Å²) >= 11 is 1.23. The van der Waals surface area contributed by atoms with Crippen molar-refractivity contribution in [3.05, 3.63) is 16.1 Å². The molecule has 0 aromatic carbocycles. The Balaban J connectivity index is 1.83. The van der Waals surface area contributed by atoms with Gasteiger partial charge in [0.2, 0.25) is 5.91 Å². The zero-order chi connectivity index (χ0) is 16.8. The fourth-order valence-electron chi connectivity index (χ4n) is 2.84. The predicted molar refractivity (Wildman–Crippen MR) is 87.5 cm³/mol. The molecule has 1 aliphatic rings. The van der Waals surface area contributed by atoms with E-state index in [0.29, 0.717) is 17.3 Å². The molecule has 1 aromatic rings. The summed E-state index contributed by atoms with van der Waals surface area (Å²) in [5, 5.41) is 13.7. The van der Waals surface area contributed by atoms with E-state index in [1.807, 2.05) is 6.92 Å². The standard InChI is InChI=1S/C16H24N2O4S/c1-3-13(22-11-6-4-5-10(2)7-11)15(19)17-8-14-18-12(9-23-14)16(20)21/h9-11,13H,3-8H2,1-2H3,(H,17,19)(H,20,21). The highest BCUT2D eigenvalue weighted by Gasteiger charge is 2.25. The lowest BCUT2D eigenvalue weighted by Gasteiger charge is -2.29. The molecule has 0 radical (unpaired) electrons. The highest BCUT2D eigenvalue weighted by molar-refractivity contribution is 7.09. The van der Waals surface area contributed by atoms with Crippen LogP contribution >= 0.6 is 11.3 Å². The number of hydrogen-bond donors (Lipinski definition) is 2. The van der Waals surface area contributed by atoms with Crippen molar-refractivity contribution in [2.45, 2.75) is 64.7 Å². The highest BCUT2D eigenvalue weighted by atomic mass is 32.1. The predicted octanol–water partition coefficient (Wildman–Crippen LogP) is 2.83. The Hall–Kier alpha value is -1.47. The minimum atomic E-state index is -1.06. The van der Waals surface area contributed by atoms with E-state index in [-0.39, 0.29) is 24.2 Å². The molecule has 0 spiro atoms. The molecule has 1 aliphatic carbocycles. The first kappa shape index (κ1) is 17.9. The smallest absolute Gasteiger partial charge is 0.355 e. The Kier molecular flexibility index (Phi) is 6.53. The highest BCUT2D eigenvalue weighted by Crippen LogP contribution is 2.27. The number of carboxylic acid groups (broad SMARTS) is 1. The van der Waals surface area contributed by atoms with Crippen LogP contribution in [0.3, 0.4) is 0 Å². The fourth-order valence-corrected chi connectivity index (χ4v) is 3.55. The van der Waals surface area contributed by atoms with Crippen LogP contribution < -0.4 is 5.32 Å². The van der Waals surface area contributed by atoms with Crippen molar-refractivity contribution in [1.29, 1.82) is 0 Å². The lowest BCUT2D eigenvalue weighted by atomic mass is 9.88. The van der Waals surface area contributed by atoms with Gasteiger partial charge < -0.3 is 15.2 Å². The average molecular weight is 340 g/mol. The van der Waals surface area contributed by atoms with Gasteiger partial charge in [0.25, 0.3) is 0 Å². The van der Waals surface area contributed by atoms with Gasteiger partial charge in [0.1, 0.15) is 11.1 Å². The van der Waals surface area contributed by atoms with Crippen molar-refractivity contribution >= 4 is 23.2 Å². The molecule has 128 valence electrons. The molecule has 3 unspecified atom stereocenters. The number of ether oxygens (including phenoxy) is 1. The lowest BCUT2D eigenvalue weighted by molar-refractivity contribution is -0.139. The first-order valence-electron chi connectivity index (χ1n) is 8.10. The number of thiazole rings is 1. The molecule has 3 atom stereocenters. The van der Waals surface area contributed by atoms with Crippen LogP contribution in [0.25, 0.3) is 0 Å². The molecule has 1 amide bonds. The van der Waals surface area contributed by atoms with Gasteiger partial charge in [0, 0.05) is 5.38 Å². The van der Waals surface area contributed by atoms with Crippen molar-refractivity contribution < 1.29 is 19.4 Å². The third-order valence-corrected chi connectivity index (χ3v) is 4.94. The van der Waals surface area contributed by atoms with Gasteiger partial charge in [-0.15, -0.1) is 11.3 Å². The molecule has 0 saturated heterocycles. The SMILES string of the molecule is CCC(OC1CCCC(C)C1)C(=O)NCc1nc(C(=O)O)cs1. The summed E-state index contributed by atoms with van der Waals surface area (Å²) in [7, 11) is 0. The Morgan fingerprint density at radius 1 is 1.52 bits per heavy atom. The number of rotatable bonds is 7. The van der Waals surface area contributed by atoms with Gasteiger partial charge in [-0.25, -0.2) is 9.78 Å². The van der Waals surface area contributed by atoms with Crippen LogP contribution in [0, 0.1) is 5.92 Å². The van der Waals surface area contributed by atoms with Crippen LogP contribution in [-0.4, -0.2) is 34.2 Å². The molecule has 1 fully saturated rings. The summed E-state index contributed by atoms with van der Waals surface area (Å²) < 4.78 is 5.98. The van der Waals surface area contributed by atoms with Gasteiger partial charge in [-0.3, -0.25) is 4.79 Å². The maximum absolute atomic E-state index is 12.3. The molecule has 23 heavy (non-hydrogen) atoms. The topological polar surface area (TPSA) is 88.5 Å². The molecular formula is C16H24N2O4S. The molecule has 0 bridgehead atoms. The van der Waals surface area contributed by atoms with Crippen molar-refractivity contribution in [3.63, 3.8) is 0 Å². The fraction of sp³-hybridized carbons (Fsp3) is 0.688. The van der Waals surface area contributed by atoms with E-state index in [4.69, 9.17) is 9.84 Å². The molecule has 1 heterocycles. The van der Waals surface area contributed by atoms with Gasteiger partial charge in [-0.05, 0) is 25.2 Å². The van der Waals surface area contributed by atoms with Crippen molar-refractivity contribution in [3.8, 4) is 0 Å². The second kappa shape index (κ2) is 8.40. The molecular weight excluding hydrogens is 316 g/mol. The molecule has 7 heteroatoms. The van der Waals surface area contributed by atoms with Gasteiger partial charge >= 0.3 is 5.97 Å². The van der Waals surface area contributed by atoms with Crippen molar-refractivity contribution in [1.82, 2.24) is 10.3 Å².